The van der Waals surface area contributed by atoms with E-state index < -0.39 is 22.9 Å². The molecule has 2 fully saturated rings. The van der Waals surface area contributed by atoms with Gasteiger partial charge in [0.2, 0.25) is 5.91 Å². The van der Waals surface area contributed by atoms with Gasteiger partial charge in [0.25, 0.3) is 0 Å². The van der Waals surface area contributed by atoms with Gasteiger partial charge in [-0.1, -0.05) is 6.07 Å². The van der Waals surface area contributed by atoms with Gasteiger partial charge < -0.3 is 9.80 Å². The molecule has 3 nitrogen and oxygen atoms in total. The summed E-state index contributed by atoms with van der Waals surface area (Å²) in [5.41, 5.74) is -0.873. The lowest BCUT2D eigenvalue weighted by molar-refractivity contribution is -0.140. The highest BCUT2D eigenvalue weighted by Gasteiger charge is 2.37. The minimum Gasteiger partial charge on any atom is -0.325 e. The summed E-state index contributed by atoms with van der Waals surface area (Å²) >= 11 is 1.33. The third kappa shape index (κ3) is 3.69. The summed E-state index contributed by atoms with van der Waals surface area (Å²) in [6.45, 7) is 3.27. The van der Waals surface area contributed by atoms with Crippen molar-refractivity contribution in [1.29, 1.82) is 0 Å². The van der Waals surface area contributed by atoms with E-state index in [4.69, 9.17) is 0 Å². The Labute approximate surface area is 142 Å². The van der Waals surface area contributed by atoms with Crippen molar-refractivity contribution in [3.8, 4) is 0 Å². The predicted molar refractivity (Wildman–Crippen MR) is 84.0 cm³/mol. The Bertz CT molecular complexity index is 617. The number of benzene rings is 1. The molecule has 0 N–H and O–H groups in total. The first-order valence-electron chi connectivity index (χ1n) is 7.86. The molecule has 1 aromatic rings. The fourth-order valence-electron chi connectivity index (χ4n) is 3.14. The molecule has 0 bridgehead atoms. The highest BCUT2D eigenvalue weighted by Crippen LogP contribution is 2.40. The molecule has 132 valence electrons. The van der Waals surface area contributed by atoms with Crippen molar-refractivity contribution in [2.45, 2.75) is 24.4 Å². The second-order valence-corrected chi connectivity index (χ2v) is 7.10. The van der Waals surface area contributed by atoms with Crippen LogP contribution in [0.25, 0.3) is 0 Å². The average Bonchev–Trinajstić information content (AvgIpc) is 3.13. The summed E-state index contributed by atoms with van der Waals surface area (Å²) in [6.07, 6.45) is -2.41. The minimum absolute atomic E-state index is 0.0514. The van der Waals surface area contributed by atoms with Crippen LogP contribution in [-0.2, 0) is 11.0 Å². The molecule has 2 saturated heterocycles. The molecule has 1 amide bonds. The zero-order chi connectivity index (χ0) is 17.3. The van der Waals surface area contributed by atoms with E-state index in [-0.39, 0.29) is 11.7 Å². The molecule has 1 unspecified atom stereocenters. The Morgan fingerprint density at radius 2 is 1.88 bits per heavy atom. The van der Waals surface area contributed by atoms with E-state index in [2.05, 4.69) is 4.90 Å². The van der Waals surface area contributed by atoms with Crippen molar-refractivity contribution in [1.82, 2.24) is 9.80 Å². The fraction of sp³-hybridized carbons (Fsp3) is 0.562. The molecular weight excluding hydrogens is 344 g/mol. The second-order valence-electron chi connectivity index (χ2n) is 6.04. The molecule has 1 atom stereocenters. The van der Waals surface area contributed by atoms with E-state index in [1.165, 1.54) is 17.8 Å². The third-order valence-electron chi connectivity index (χ3n) is 4.41. The SMILES string of the molecule is O=C1CSC(c2ccc(C(F)(F)F)c(F)c2)N1CCN1CCCC1. The van der Waals surface area contributed by atoms with Gasteiger partial charge in [-0.2, -0.15) is 13.2 Å². The number of carbonyl (C=O) groups excluding carboxylic acids is 1. The van der Waals surface area contributed by atoms with Gasteiger partial charge in [0.1, 0.15) is 11.2 Å². The molecule has 2 aliphatic rings. The normalized spacial score (nSPS) is 22.6. The highest BCUT2D eigenvalue weighted by molar-refractivity contribution is 8.00. The summed E-state index contributed by atoms with van der Waals surface area (Å²) < 4.78 is 51.8. The Morgan fingerprint density at radius 1 is 1.17 bits per heavy atom. The first kappa shape index (κ1) is 17.5. The number of carbonyl (C=O) groups is 1. The van der Waals surface area contributed by atoms with Crippen molar-refractivity contribution in [3.63, 3.8) is 0 Å². The van der Waals surface area contributed by atoms with Crippen molar-refractivity contribution >= 4 is 17.7 Å². The molecule has 2 aliphatic heterocycles. The van der Waals surface area contributed by atoms with Crippen LogP contribution in [0.1, 0.15) is 29.3 Å². The Kier molecular flexibility index (Phi) is 5.05. The lowest BCUT2D eigenvalue weighted by Crippen LogP contribution is -2.36. The number of hydrogen-bond donors (Lipinski definition) is 0. The number of amides is 1. The van der Waals surface area contributed by atoms with Crippen LogP contribution < -0.4 is 0 Å². The number of alkyl halides is 3. The molecule has 1 aromatic carbocycles. The monoisotopic (exact) mass is 362 g/mol. The van der Waals surface area contributed by atoms with Gasteiger partial charge in [-0.25, -0.2) is 4.39 Å². The summed E-state index contributed by atoms with van der Waals surface area (Å²) in [5, 5.41) is -0.420. The van der Waals surface area contributed by atoms with E-state index in [1.54, 1.807) is 4.90 Å². The largest absolute Gasteiger partial charge is 0.419 e. The lowest BCUT2D eigenvalue weighted by Gasteiger charge is -2.27. The van der Waals surface area contributed by atoms with Crippen LogP contribution >= 0.6 is 11.8 Å². The molecule has 0 radical (unpaired) electrons. The molecule has 3 rings (SSSR count). The lowest BCUT2D eigenvalue weighted by atomic mass is 10.1. The average molecular weight is 362 g/mol. The number of hydrogen-bond acceptors (Lipinski definition) is 3. The van der Waals surface area contributed by atoms with Crippen LogP contribution in [0, 0.1) is 5.82 Å². The fourth-order valence-corrected chi connectivity index (χ4v) is 4.35. The zero-order valence-corrected chi connectivity index (χ0v) is 13.8. The van der Waals surface area contributed by atoms with Crippen LogP contribution in [0.2, 0.25) is 0 Å². The second kappa shape index (κ2) is 6.92. The maximum atomic E-state index is 13.8. The Morgan fingerprint density at radius 3 is 2.50 bits per heavy atom. The molecule has 24 heavy (non-hydrogen) atoms. The molecule has 0 aromatic heterocycles. The number of nitrogens with zero attached hydrogens (tertiary/aromatic N) is 2. The summed E-state index contributed by atoms with van der Waals surface area (Å²) in [7, 11) is 0. The van der Waals surface area contributed by atoms with Crippen LogP contribution in [0.4, 0.5) is 17.6 Å². The first-order valence-corrected chi connectivity index (χ1v) is 8.91. The molecule has 8 heteroatoms. The van der Waals surface area contributed by atoms with Crippen molar-refractivity contribution in [2.24, 2.45) is 0 Å². The van der Waals surface area contributed by atoms with Crippen LogP contribution in [0.5, 0.6) is 0 Å². The quantitative estimate of drug-likeness (QED) is 0.766. The summed E-state index contributed by atoms with van der Waals surface area (Å²) in [4.78, 5) is 16.0. The summed E-state index contributed by atoms with van der Waals surface area (Å²) in [5.74, 6) is -1.07. The van der Waals surface area contributed by atoms with E-state index in [0.29, 0.717) is 12.1 Å². The molecule has 0 aliphatic carbocycles. The maximum Gasteiger partial charge on any atom is 0.419 e. The minimum atomic E-state index is -4.71. The number of halogens is 4. The van der Waals surface area contributed by atoms with E-state index in [0.717, 1.165) is 44.6 Å². The molecular formula is C16H18F4N2OS. The Balaban J connectivity index is 1.74. The highest BCUT2D eigenvalue weighted by atomic mass is 32.2. The number of thioether (sulfide) groups is 1. The van der Waals surface area contributed by atoms with Crippen LogP contribution in [0.3, 0.4) is 0 Å². The molecule has 0 spiro atoms. The van der Waals surface area contributed by atoms with Gasteiger partial charge in [0, 0.05) is 13.1 Å². The number of likely N-dealkylation sites (tertiary alicyclic amines) is 1. The summed E-state index contributed by atoms with van der Waals surface area (Å²) in [6, 6.07) is 2.93. The van der Waals surface area contributed by atoms with Gasteiger partial charge in [-0.05, 0) is 43.6 Å². The Hall–Kier alpha value is -1.28. The van der Waals surface area contributed by atoms with Gasteiger partial charge >= 0.3 is 6.18 Å². The van der Waals surface area contributed by atoms with Gasteiger partial charge in [-0.3, -0.25) is 4.79 Å². The zero-order valence-electron chi connectivity index (χ0n) is 13.0. The van der Waals surface area contributed by atoms with E-state index in [9.17, 15) is 22.4 Å². The van der Waals surface area contributed by atoms with Gasteiger partial charge in [0.05, 0.1) is 11.3 Å². The first-order chi connectivity index (χ1) is 11.4. The van der Waals surface area contributed by atoms with Crippen molar-refractivity contribution in [3.05, 3.63) is 35.1 Å². The molecule has 2 heterocycles. The smallest absolute Gasteiger partial charge is 0.325 e. The van der Waals surface area contributed by atoms with Crippen LogP contribution in [0.15, 0.2) is 18.2 Å². The third-order valence-corrected chi connectivity index (χ3v) is 5.66. The topological polar surface area (TPSA) is 23.6 Å². The predicted octanol–water partition coefficient (Wildman–Crippen LogP) is 3.51. The van der Waals surface area contributed by atoms with Crippen LogP contribution in [-0.4, -0.2) is 47.6 Å². The van der Waals surface area contributed by atoms with E-state index in [1.807, 2.05) is 0 Å². The van der Waals surface area contributed by atoms with Gasteiger partial charge in [0.15, 0.2) is 0 Å². The van der Waals surface area contributed by atoms with Crippen molar-refractivity contribution in [2.75, 3.05) is 31.9 Å². The van der Waals surface area contributed by atoms with E-state index >= 15 is 0 Å². The maximum absolute atomic E-state index is 13.8. The standard InChI is InChI=1S/C16H18F4N2OS/c17-13-9-11(3-4-12(13)16(18,19)20)15-22(14(23)10-24-15)8-7-21-5-1-2-6-21/h3-4,9,15H,1-2,5-8,10H2. The van der Waals surface area contributed by atoms with Gasteiger partial charge in [-0.15, -0.1) is 11.8 Å². The molecule has 0 saturated carbocycles. The van der Waals surface area contributed by atoms with Crippen molar-refractivity contribution < 1.29 is 22.4 Å². The number of rotatable bonds is 4.